The van der Waals surface area contributed by atoms with Gasteiger partial charge in [-0.25, -0.2) is 0 Å². The zero-order valence-electron chi connectivity index (χ0n) is 9.55. The van der Waals surface area contributed by atoms with Gasteiger partial charge in [-0.2, -0.15) is 5.10 Å². The molecule has 15 heavy (non-hydrogen) atoms. The summed E-state index contributed by atoms with van der Waals surface area (Å²) in [4.78, 5) is 0. The van der Waals surface area contributed by atoms with Crippen molar-refractivity contribution in [2.45, 2.75) is 40.2 Å². The van der Waals surface area contributed by atoms with Gasteiger partial charge < -0.3 is 5.73 Å². The van der Waals surface area contributed by atoms with Gasteiger partial charge in [-0.05, 0) is 25.3 Å². The Balaban J connectivity index is 3.06. The maximum absolute atomic E-state index is 6.01. The highest BCUT2D eigenvalue weighted by atomic mass is 35.5. The molecule has 1 aromatic heterocycles. The molecule has 0 bridgehead atoms. The smallest absolute Gasteiger partial charge is 0.0854 e. The van der Waals surface area contributed by atoms with Crippen LogP contribution in [0, 0.1) is 0 Å². The van der Waals surface area contributed by atoms with Crippen LogP contribution in [0.4, 0.5) is 5.69 Å². The molecule has 4 heteroatoms. The third-order valence-electron chi connectivity index (χ3n) is 2.43. The van der Waals surface area contributed by atoms with Crippen LogP contribution in [0.5, 0.6) is 0 Å². The summed E-state index contributed by atoms with van der Waals surface area (Å²) in [6.07, 6.45) is 1.77. The van der Waals surface area contributed by atoms with E-state index in [4.69, 9.17) is 17.3 Å². The zero-order chi connectivity index (χ0) is 11.4. The van der Waals surface area contributed by atoms with Crippen LogP contribution >= 0.6 is 11.6 Å². The van der Waals surface area contributed by atoms with E-state index in [-0.39, 0.29) is 0 Å². The van der Waals surface area contributed by atoms with E-state index in [0.29, 0.717) is 0 Å². The molecule has 0 saturated heterocycles. The van der Waals surface area contributed by atoms with Gasteiger partial charge in [0.2, 0.25) is 0 Å². The fourth-order valence-electron chi connectivity index (χ4n) is 1.60. The number of rotatable bonds is 4. The molecule has 0 aliphatic carbocycles. The Morgan fingerprint density at radius 2 is 2.13 bits per heavy atom. The largest absolute Gasteiger partial charge is 0.396 e. The Morgan fingerprint density at radius 3 is 2.60 bits per heavy atom. The highest BCUT2D eigenvalue weighted by molar-refractivity contribution is 6.25. The predicted octanol–water partition coefficient (Wildman–Crippen LogP) is 2.73. The topological polar surface area (TPSA) is 43.8 Å². The summed E-state index contributed by atoms with van der Waals surface area (Å²) in [5, 5.41) is 4.48. The average Bonchev–Trinajstić information content (AvgIpc) is 2.54. The predicted molar refractivity (Wildman–Crippen MR) is 65.0 cm³/mol. The van der Waals surface area contributed by atoms with Crippen molar-refractivity contribution in [2.75, 3.05) is 5.73 Å². The fourth-order valence-corrected chi connectivity index (χ4v) is 1.67. The van der Waals surface area contributed by atoms with Crippen molar-refractivity contribution in [3.63, 3.8) is 0 Å². The van der Waals surface area contributed by atoms with Crippen molar-refractivity contribution in [1.82, 2.24) is 9.78 Å². The molecule has 0 saturated carbocycles. The molecule has 0 aromatic carbocycles. The Kier molecular flexibility index (Phi) is 4.21. The van der Waals surface area contributed by atoms with Crippen molar-refractivity contribution in [2.24, 2.45) is 0 Å². The lowest BCUT2D eigenvalue weighted by Crippen LogP contribution is -2.06. The van der Waals surface area contributed by atoms with E-state index < -0.39 is 0 Å². The normalized spacial score (nSPS) is 12.1. The number of allylic oxidation sites excluding steroid dienone is 1. The molecule has 0 unspecified atom stereocenters. The van der Waals surface area contributed by atoms with Crippen molar-refractivity contribution >= 4 is 17.3 Å². The first-order chi connectivity index (χ1) is 7.13. The van der Waals surface area contributed by atoms with Crippen LogP contribution in [0.25, 0.3) is 0 Å². The Morgan fingerprint density at radius 1 is 1.47 bits per heavy atom. The molecule has 0 radical (unpaired) electrons. The SMILES string of the molecule is CCc1nn(C/C(C)=C/Cl)c(CC)c1N. The summed E-state index contributed by atoms with van der Waals surface area (Å²) in [5.41, 5.74) is 11.6. The summed E-state index contributed by atoms with van der Waals surface area (Å²) in [6.45, 7) is 6.85. The maximum atomic E-state index is 6.01. The molecule has 0 atom stereocenters. The van der Waals surface area contributed by atoms with E-state index in [9.17, 15) is 0 Å². The number of hydrogen-bond donors (Lipinski definition) is 1. The van der Waals surface area contributed by atoms with Crippen LogP contribution in [-0.2, 0) is 19.4 Å². The van der Waals surface area contributed by atoms with Crippen LogP contribution in [0.1, 0.15) is 32.2 Å². The van der Waals surface area contributed by atoms with E-state index in [0.717, 1.165) is 42.0 Å². The molecule has 0 amide bonds. The molecule has 2 N–H and O–H groups in total. The highest BCUT2D eigenvalue weighted by Gasteiger charge is 2.12. The van der Waals surface area contributed by atoms with Gasteiger partial charge >= 0.3 is 0 Å². The standard InChI is InChI=1S/C11H18ClN3/c1-4-9-11(13)10(5-2)15(14-9)7-8(3)6-12/h6H,4-5,7,13H2,1-3H3/b8-6+. The van der Waals surface area contributed by atoms with E-state index in [2.05, 4.69) is 18.9 Å². The molecule has 0 fully saturated rings. The minimum Gasteiger partial charge on any atom is -0.396 e. The lowest BCUT2D eigenvalue weighted by Gasteiger charge is -2.05. The maximum Gasteiger partial charge on any atom is 0.0854 e. The van der Waals surface area contributed by atoms with Crippen molar-refractivity contribution in [1.29, 1.82) is 0 Å². The second-order valence-electron chi connectivity index (χ2n) is 3.63. The molecule has 0 aliphatic heterocycles. The molecule has 0 aliphatic rings. The van der Waals surface area contributed by atoms with Gasteiger partial charge in [0.05, 0.1) is 23.6 Å². The number of aromatic nitrogens is 2. The quantitative estimate of drug-likeness (QED) is 0.860. The fraction of sp³-hybridized carbons (Fsp3) is 0.545. The molecule has 0 spiro atoms. The summed E-state index contributed by atoms with van der Waals surface area (Å²) < 4.78 is 1.95. The Bertz CT molecular complexity index is 366. The van der Waals surface area contributed by atoms with Crippen LogP contribution in [0.2, 0.25) is 0 Å². The van der Waals surface area contributed by atoms with Crippen LogP contribution in [-0.4, -0.2) is 9.78 Å². The lowest BCUT2D eigenvalue weighted by molar-refractivity contribution is 0.634. The number of aryl methyl sites for hydroxylation is 1. The van der Waals surface area contributed by atoms with Gasteiger partial charge in [0.15, 0.2) is 0 Å². The summed E-state index contributed by atoms with van der Waals surface area (Å²) in [6, 6.07) is 0. The number of nitrogens with two attached hydrogens (primary N) is 1. The highest BCUT2D eigenvalue weighted by Crippen LogP contribution is 2.19. The van der Waals surface area contributed by atoms with E-state index in [1.54, 1.807) is 5.54 Å². The third-order valence-corrected chi connectivity index (χ3v) is 2.80. The lowest BCUT2D eigenvalue weighted by atomic mass is 10.2. The van der Waals surface area contributed by atoms with Gasteiger partial charge in [0.1, 0.15) is 0 Å². The number of anilines is 1. The van der Waals surface area contributed by atoms with E-state index >= 15 is 0 Å². The average molecular weight is 228 g/mol. The Labute approximate surface area is 95.9 Å². The molecular formula is C11H18ClN3. The monoisotopic (exact) mass is 227 g/mol. The zero-order valence-corrected chi connectivity index (χ0v) is 10.3. The van der Waals surface area contributed by atoms with Crippen LogP contribution in [0.15, 0.2) is 11.1 Å². The summed E-state index contributed by atoms with van der Waals surface area (Å²) >= 11 is 5.64. The molecule has 1 aromatic rings. The minimum atomic E-state index is 0.719. The first kappa shape index (κ1) is 12.1. The number of halogens is 1. The van der Waals surface area contributed by atoms with Gasteiger partial charge in [-0.3, -0.25) is 4.68 Å². The van der Waals surface area contributed by atoms with Gasteiger partial charge in [0, 0.05) is 5.54 Å². The first-order valence-corrected chi connectivity index (χ1v) is 5.67. The second kappa shape index (κ2) is 5.21. The van der Waals surface area contributed by atoms with Gasteiger partial charge in [-0.15, -0.1) is 0 Å². The summed E-state index contributed by atoms with van der Waals surface area (Å²) in [5.74, 6) is 0. The third kappa shape index (κ3) is 2.53. The number of nitrogens with zero attached hydrogens (tertiary/aromatic N) is 2. The van der Waals surface area contributed by atoms with Crippen LogP contribution in [0.3, 0.4) is 0 Å². The molecule has 3 nitrogen and oxygen atoms in total. The van der Waals surface area contributed by atoms with Gasteiger partial charge in [0.25, 0.3) is 0 Å². The Hall–Kier alpha value is -0.960. The molecule has 1 heterocycles. The van der Waals surface area contributed by atoms with Gasteiger partial charge in [-0.1, -0.05) is 25.4 Å². The minimum absolute atomic E-state index is 0.719. The van der Waals surface area contributed by atoms with Crippen molar-refractivity contribution in [3.05, 3.63) is 22.5 Å². The molecule has 1 rings (SSSR count). The summed E-state index contributed by atoms with van der Waals surface area (Å²) in [7, 11) is 0. The van der Waals surface area contributed by atoms with E-state index in [1.165, 1.54) is 0 Å². The van der Waals surface area contributed by atoms with Crippen molar-refractivity contribution < 1.29 is 0 Å². The molecule has 84 valence electrons. The number of hydrogen-bond acceptors (Lipinski definition) is 2. The second-order valence-corrected chi connectivity index (χ2v) is 3.85. The van der Waals surface area contributed by atoms with Crippen LogP contribution < -0.4 is 5.73 Å². The number of nitrogen functional groups attached to an aromatic ring is 1. The first-order valence-electron chi connectivity index (χ1n) is 5.23. The van der Waals surface area contributed by atoms with Crippen molar-refractivity contribution in [3.8, 4) is 0 Å². The molecular weight excluding hydrogens is 210 g/mol. The van der Waals surface area contributed by atoms with E-state index in [1.807, 2.05) is 11.6 Å².